The van der Waals surface area contributed by atoms with Crippen molar-refractivity contribution in [1.29, 1.82) is 0 Å². The molecule has 4 rings (SSSR count). The summed E-state index contributed by atoms with van der Waals surface area (Å²) in [6, 6.07) is 3.65. The van der Waals surface area contributed by atoms with Gasteiger partial charge in [-0.2, -0.15) is 5.10 Å². The molecule has 0 amide bonds. The second-order valence-electron chi connectivity index (χ2n) is 7.86. The van der Waals surface area contributed by atoms with E-state index in [0.717, 1.165) is 36.7 Å². The summed E-state index contributed by atoms with van der Waals surface area (Å²) in [4.78, 5) is 0. The van der Waals surface area contributed by atoms with Crippen LogP contribution in [0.4, 0.5) is 8.78 Å². The van der Waals surface area contributed by atoms with Crippen LogP contribution in [0.3, 0.4) is 0 Å². The molecule has 0 radical (unpaired) electrons. The summed E-state index contributed by atoms with van der Waals surface area (Å²) in [6.45, 7) is 6.18. The molecule has 4 heteroatoms. The van der Waals surface area contributed by atoms with Gasteiger partial charge in [0, 0.05) is 23.0 Å². The highest BCUT2D eigenvalue weighted by Crippen LogP contribution is 2.54. The zero-order chi connectivity index (χ0) is 17.1. The Morgan fingerprint density at radius 2 is 1.92 bits per heavy atom. The molecule has 2 bridgehead atoms. The number of rotatable bonds is 1. The van der Waals surface area contributed by atoms with Crippen LogP contribution in [-0.4, -0.2) is 9.78 Å². The average molecular weight is 326 g/mol. The Bertz CT molecular complexity index is 878. The Morgan fingerprint density at radius 1 is 1.17 bits per heavy atom. The molecule has 0 aliphatic heterocycles. The fraction of sp³-hybridized carbons (Fsp3) is 0.450. The first-order valence-electron chi connectivity index (χ1n) is 8.45. The summed E-state index contributed by atoms with van der Waals surface area (Å²) in [6.07, 6.45) is 3.36. The smallest absolute Gasteiger partial charge is 0.151 e. The Morgan fingerprint density at radius 3 is 2.62 bits per heavy atom. The number of fused-ring (bicyclic) bond motifs is 5. The van der Waals surface area contributed by atoms with Crippen molar-refractivity contribution in [1.82, 2.24) is 9.78 Å². The summed E-state index contributed by atoms with van der Waals surface area (Å²) in [5.74, 6) is 6.18. The maximum Gasteiger partial charge on any atom is 0.151 e. The van der Waals surface area contributed by atoms with E-state index in [4.69, 9.17) is 0 Å². The number of halogens is 2. The molecule has 124 valence electrons. The average Bonchev–Trinajstić information content (AvgIpc) is 3.16. The predicted molar refractivity (Wildman–Crippen MR) is 89.1 cm³/mol. The van der Waals surface area contributed by atoms with Crippen LogP contribution in [-0.2, 0) is 0 Å². The van der Waals surface area contributed by atoms with Gasteiger partial charge < -0.3 is 0 Å². The van der Waals surface area contributed by atoms with Crippen LogP contribution in [0.15, 0.2) is 18.2 Å². The van der Waals surface area contributed by atoms with Gasteiger partial charge in [-0.25, -0.2) is 13.5 Å². The minimum Gasteiger partial charge on any atom is -0.233 e. The lowest BCUT2D eigenvalue weighted by atomic mass is 9.94. The summed E-state index contributed by atoms with van der Waals surface area (Å²) in [5, 5.41) is 4.62. The van der Waals surface area contributed by atoms with E-state index in [1.807, 2.05) is 0 Å². The molecule has 0 unspecified atom stereocenters. The van der Waals surface area contributed by atoms with E-state index in [0.29, 0.717) is 17.5 Å². The highest BCUT2D eigenvalue weighted by atomic mass is 19.1. The molecule has 0 spiro atoms. The molecule has 0 N–H and O–H groups in total. The molecule has 0 saturated heterocycles. The van der Waals surface area contributed by atoms with Gasteiger partial charge in [0.25, 0.3) is 0 Å². The Labute approximate surface area is 140 Å². The van der Waals surface area contributed by atoms with Gasteiger partial charge in [-0.15, -0.1) is 0 Å². The van der Waals surface area contributed by atoms with Gasteiger partial charge in [0.15, 0.2) is 5.82 Å². The van der Waals surface area contributed by atoms with Crippen LogP contribution >= 0.6 is 0 Å². The summed E-state index contributed by atoms with van der Waals surface area (Å²) >= 11 is 0. The maximum atomic E-state index is 14.3. The first-order valence-corrected chi connectivity index (χ1v) is 8.45. The van der Waals surface area contributed by atoms with Crippen LogP contribution in [0.2, 0.25) is 0 Å². The predicted octanol–water partition coefficient (Wildman–Crippen LogP) is 4.91. The highest BCUT2D eigenvalue weighted by Gasteiger charge is 2.42. The molecule has 24 heavy (non-hydrogen) atoms. The monoisotopic (exact) mass is 326 g/mol. The third-order valence-electron chi connectivity index (χ3n) is 4.88. The minimum atomic E-state index is -0.585. The van der Waals surface area contributed by atoms with Gasteiger partial charge in [-0.1, -0.05) is 5.92 Å². The molecular weight excluding hydrogens is 306 g/mol. The molecule has 2 atom stereocenters. The van der Waals surface area contributed by atoms with E-state index in [-0.39, 0.29) is 5.41 Å². The molecule has 1 aromatic carbocycles. The van der Waals surface area contributed by atoms with Crippen molar-refractivity contribution in [3.63, 3.8) is 0 Å². The van der Waals surface area contributed by atoms with Gasteiger partial charge in [-0.05, 0) is 64.0 Å². The first kappa shape index (κ1) is 15.4. The first-order chi connectivity index (χ1) is 11.3. The van der Waals surface area contributed by atoms with Crippen LogP contribution in [0.25, 0.3) is 5.69 Å². The van der Waals surface area contributed by atoms with Crippen molar-refractivity contribution >= 4 is 0 Å². The van der Waals surface area contributed by atoms with E-state index >= 15 is 0 Å². The number of nitrogens with zero attached hydrogens (tertiary/aromatic N) is 2. The molecule has 1 heterocycles. The van der Waals surface area contributed by atoms with Gasteiger partial charge in [0.2, 0.25) is 0 Å². The van der Waals surface area contributed by atoms with E-state index in [9.17, 15) is 8.78 Å². The van der Waals surface area contributed by atoms with Crippen molar-refractivity contribution in [3.8, 4) is 17.5 Å². The lowest BCUT2D eigenvalue weighted by Gasteiger charge is -2.14. The van der Waals surface area contributed by atoms with E-state index in [2.05, 4.69) is 37.7 Å². The number of aromatic nitrogens is 2. The largest absolute Gasteiger partial charge is 0.233 e. The van der Waals surface area contributed by atoms with Crippen LogP contribution in [0.5, 0.6) is 0 Å². The lowest BCUT2D eigenvalue weighted by Crippen LogP contribution is -2.07. The zero-order valence-electron chi connectivity index (χ0n) is 14.2. The number of hydrogen-bond acceptors (Lipinski definition) is 1. The van der Waals surface area contributed by atoms with Crippen LogP contribution in [0.1, 0.15) is 68.8 Å². The normalized spacial score (nSPS) is 21.5. The van der Waals surface area contributed by atoms with E-state index in [1.165, 1.54) is 17.7 Å². The molecular formula is C20H20F2N2. The van der Waals surface area contributed by atoms with Crippen LogP contribution < -0.4 is 0 Å². The van der Waals surface area contributed by atoms with Gasteiger partial charge in [-0.3, -0.25) is 0 Å². The maximum absolute atomic E-state index is 14.3. The fourth-order valence-corrected chi connectivity index (χ4v) is 3.91. The third-order valence-corrected chi connectivity index (χ3v) is 4.88. The number of hydrogen-bond donors (Lipinski definition) is 0. The SMILES string of the molecule is CC(C)(C)C#Cc1nn(-c2ccc(F)cc2F)c2c1[C@@H]1CC[C@H]2C1. The van der Waals surface area contributed by atoms with Gasteiger partial charge in [0.05, 0.1) is 5.69 Å². The molecule has 1 saturated carbocycles. The van der Waals surface area contributed by atoms with Crippen molar-refractivity contribution in [2.75, 3.05) is 0 Å². The lowest BCUT2D eigenvalue weighted by molar-refractivity contribution is 0.566. The van der Waals surface area contributed by atoms with Crippen LogP contribution in [0, 0.1) is 28.9 Å². The molecule has 1 fully saturated rings. The van der Waals surface area contributed by atoms with Crippen molar-refractivity contribution in [2.24, 2.45) is 5.41 Å². The molecule has 2 aromatic rings. The van der Waals surface area contributed by atoms with E-state index < -0.39 is 11.6 Å². The number of benzene rings is 1. The summed E-state index contributed by atoms with van der Waals surface area (Å²) in [5.41, 5.74) is 3.22. The second kappa shape index (κ2) is 5.17. The van der Waals surface area contributed by atoms with Gasteiger partial charge >= 0.3 is 0 Å². The molecule has 2 aliphatic rings. The molecule has 1 aromatic heterocycles. The van der Waals surface area contributed by atoms with Crippen molar-refractivity contribution in [2.45, 2.75) is 51.9 Å². The topological polar surface area (TPSA) is 17.8 Å². The second-order valence-corrected chi connectivity index (χ2v) is 7.86. The fourth-order valence-electron chi connectivity index (χ4n) is 3.91. The van der Waals surface area contributed by atoms with Crippen molar-refractivity contribution < 1.29 is 8.78 Å². The quantitative estimate of drug-likeness (QED) is 0.681. The Hall–Kier alpha value is -2.15. The standard InChI is InChI=1S/C20H20F2N2/c1-20(2,3)9-8-16-18-12-4-5-13(10-12)19(18)24(23-16)17-7-6-14(21)11-15(17)22/h6-7,11-13H,4-5,10H2,1-3H3/t12-,13+/m1/s1. The highest BCUT2D eigenvalue weighted by molar-refractivity contribution is 5.51. The molecule has 2 aliphatic carbocycles. The Balaban J connectivity index is 1.90. The zero-order valence-corrected chi connectivity index (χ0v) is 14.2. The third kappa shape index (κ3) is 2.43. The summed E-state index contributed by atoms with van der Waals surface area (Å²) < 4.78 is 29.2. The van der Waals surface area contributed by atoms with E-state index in [1.54, 1.807) is 4.68 Å². The van der Waals surface area contributed by atoms with Gasteiger partial charge in [0.1, 0.15) is 17.2 Å². The Kier molecular flexibility index (Phi) is 3.32. The minimum absolute atomic E-state index is 0.116. The summed E-state index contributed by atoms with van der Waals surface area (Å²) in [7, 11) is 0. The van der Waals surface area contributed by atoms with Crippen molar-refractivity contribution in [3.05, 3.63) is 46.8 Å². The molecule has 2 nitrogen and oxygen atoms in total.